The number of nitrogens with one attached hydrogen (secondary N) is 1. The molecule has 1 spiro atoms. The maximum absolute atomic E-state index is 12.5. The van der Waals surface area contributed by atoms with E-state index in [1.165, 1.54) is 10.6 Å². The highest BCUT2D eigenvalue weighted by molar-refractivity contribution is 7.88. The summed E-state index contributed by atoms with van der Waals surface area (Å²) < 4.78 is 30.7. The monoisotopic (exact) mass is 516 g/mol. The average Bonchev–Trinajstić information content (AvgIpc) is 3.23. The molecule has 3 fully saturated rings. The number of piperidine rings is 1. The third-order valence-electron chi connectivity index (χ3n) is 7.33. The van der Waals surface area contributed by atoms with E-state index in [9.17, 15) is 13.2 Å². The molecule has 1 aromatic heterocycles. The molecule has 0 saturated carbocycles. The Balaban J connectivity index is 1.24. The minimum Gasteiger partial charge on any atom is -0.444 e. The Bertz CT molecular complexity index is 1250. The number of hydrogen-bond donors (Lipinski definition) is 1. The molecule has 36 heavy (non-hydrogen) atoms. The van der Waals surface area contributed by atoms with Crippen LogP contribution in [0, 0.1) is 5.41 Å². The minimum absolute atomic E-state index is 0.0980. The first kappa shape index (κ1) is 25.0. The minimum atomic E-state index is -3.15. The Kier molecular flexibility index (Phi) is 6.27. The maximum Gasteiger partial charge on any atom is 0.410 e. The Morgan fingerprint density at radius 1 is 1.14 bits per heavy atom. The van der Waals surface area contributed by atoms with Crippen molar-refractivity contribution in [1.82, 2.24) is 19.2 Å². The topological polar surface area (TPSA) is 108 Å². The standard InChI is InChI=1S/C25H36N6O4S/c1-24(2,3)35-23(32)29-13-10-25(15-29)16-30(17-25)20-7-5-6-18-14-26-22(28-21(18)20)27-19-8-11-31(12-9-19)36(4,33)34/h5-7,14,19H,8-13,15-17H2,1-4H3,(H,26,27,28). The lowest BCUT2D eigenvalue weighted by atomic mass is 9.78. The van der Waals surface area contributed by atoms with Gasteiger partial charge in [0.05, 0.1) is 17.5 Å². The summed E-state index contributed by atoms with van der Waals surface area (Å²) in [6, 6.07) is 6.28. The summed E-state index contributed by atoms with van der Waals surface area (Å²) in [5.41, 5.74) is 1.59. The average molecular weight is 517 g/mol. The zero-order valence-corrected chi connectivity index (χ0v) is 22.3. The molecule has 3 saturated heterocycles. The lowest BCUT2D eigenvalue weighted by Gasteiger charge is -2.49. The van der Waals surface area contributed by atoms with Crippen molar-refractivity contribution in [2.75, 3.05) is 55.7 Å². The number of hydrogen-bond acceptors (Lipinski definition) is 8. The number of rotatable bonds is 4. The van der Waals surface area contributed by atoms with Gasteiger partial charge in [0.25, 0.3) is 0 Å². The number of aromatic nitrogens is 2. The van der Waals surface area contributed by atoms with Gasteiger partial charge < -0.3 is 19.9 Å². The van der Waals surface area contributed by atoms with Crippen molar-refractivity contribution in [3.8, 4) is 0 Å². The second-order valence-electron chi connectivity index (χ2n) is 11.5. The first-order chi connectivity index (χ1) is 16.9. The van der Waals surface area contributed by atoms with Crippen molar-refractivity contribution in [2.45, 2.75) is 51.7 Å². The highest BCUT2D eigenvalue weighted by Gasteiger charge is 2.49. The van der Waals surface area contributed by atoms with Crippen LogP contribution in [0.1, 0.15) is 40.0 Å². The van der Waals surface area contributed by atoms with Crippen LogP contribution >= 0.6 is 0 Å². The third-order valence-corrected chi connectivity index (χ3v) is 8.63. The van der Waals surface area contributed by atoms with Crippen LogP contribution in [-0.2, 0) is 14.8 Å². The predicted octanol–water partition coefficient (Wildman–Crippen LogP) is 2.91. The van der Waals surface area contributed by atoms with Crippen LogP contribution in [0.4, 0.5) is 16.4 Å². The SMILES string of the molecule is CC(C)(C)OC(=O)N1CCC2(C1)CN(c1cccc3cnc(NC4CCN(S(C)(=O)=O)CC4)nc13)C2. The van der Waals surface area contributed by atoms with Crippen molar-refractivity contribution in [3.63, 3.8) is 0 Å². The van der Waals surface area contributed by atoms with Crippen LogP contribution < -0.4 is 10.2 Å². The lowest BCUT2D eigenvalue weighted by Crippen LogP contribution is -2.58. The first-order valence-electron chi connectivity index (χ1n) is 12.6. The van der Waals surface area contributed by atoms with E-state index in [0.717, 1.165) is 62.0 Å². The van der Waals surface area contributed by atoms with Gasteiger partial charge in [-0.05, 0) is 46.1 Å². The van der Waals surface area contributed by atoms with Crippen molar-refractivity contribution in [2.24, 2.45) is 5.41 Å². The van der Waals surface area contributed by atoms with Gasteiger partial charge in [-0.2, -0.15) is 0 Å². The molecular formula is C25H36N6O4S. The van der Waals surface area contributed by atoms with E-state index in [0.29, 0.717) is 19.0 Å². The summed E-state index contributed by atoms with van der Waals surface area (Å²) in [4.78, 5) is 26.1. The second kappa shape index (κ2) is 9.02. The Morgan fingerprint density at radius 2 is 1.86 bits per heavy atom. The second-order valence-corrected chi connectivity index (χ2v) is 13.5. The van der Waals surface area contributed by atoms with Gasteiger partial charge >= 0.3 is 6.09 Å². The van der Waals surface area contributed by atoms with E-state index in [4.69, 9.17) is 9.72 Å². The molecule has 5 rings (SSSR count). The highest BCUT2D eigenvalue weighted by atomic mass is 32.2. The zero-order chi connectivity index (χ0) is 25.7. The zero-order valence-electron chi connectivity index (χ0n) is 21.5. The predicted molar refractivity (Wildman–Crippen MR) is 140 cm³/mol. The van der Waals surface area contributed by atoms with E-state index < -0.39 is 15.6 Å². The molecule has 3 aliphatic heterocycles. The van der Waals surface area contributed by atoms with Crippen molar-refractivity contribution in [1.29, 1.82) is 0 Å². The van der Waals surface area contributed by atoms with E-state index in [-0.39, 0.29) is 17.6 Å². The van der Waals surface area contributed by atoms with Crippen molar-refractivity contribution >= 4 is 38.7 Å². The quantitative estimate of drug-likeness (QED) is 0.661. The van der Waals surface area contributed by atoms with E-state index in [1.807, 2.05) is 44.0 Å². The number of anilines is 2. The molecular weight excluding hydrogens is 480 g/mol. The van der Waals surface area contributed by atoms with E-state index >= 15 is 0 Å². The number of fused-ring (bicyclic) bond motifs is 1. The molecule has 1 amide bonds. The molecule has 0 aliphatic carbocycles. The summed E-state index contributed by atoms with van der Waals surface area (Å²) >= 11 is 0. The van der Waals surface area contributed by atoms with E-state index in [2.05, 4.69) is 21.3 Å². The van der Waals surface area contributed by atoms with Gasteiger partial charge in [-0.15, -0.1) is 0 Å². The fourth-order valence-electron chi connectivity index (χ4n) is 5.49. The molecule has 196 valence electrons. The van der Waals surface area contributed by atoms with Gasteiger partial charge in [-0.3, -0.25) is 0 Å². The smallest absolute Gasteiger partial charge is 0.410 e. The fourth-order valence-corrected chi connectivity index (χ4v) is 6.36. The molecule has 4 heterocycles. The third kappa shape index (κ3) is 5.22. The van der Waals surface area contributed by atoms with Crippen molar-refractivity contribution in [3.05, 3.63) is 24.4 Å². The van der Waals surface area contributed by atoms with Crippen LogP contribution in [0.15, 0.2) is 24.4 Å². The largest absolute Gasteiger partial charge is 0.444 e. The maximum atomic E-state index is 12.5. The summed E-state index contributed by atoms with van der Waals surface area (Å²) in [7, 11) is -3.15. The fraction of sp³-hybridized carbons (Fsp3) is 0.640. The molecule has 0 unspecified atom stereocenters. The summed E-state index contributed by atoms with van der Waals surface area (Å²) in [6.45, 7) is 9.90. The van der Waals surface area contributed by atoms with Crippen molar-refractivity contribution < 1.29 is 17.9 Å². The van der Waals surface area contributed by atoms with Gasteiger partial charge in [0.15, 0.2) is 0 Å². The number of nitrogens with zero attached hydrogens (tertiary/aromatic N) is 5. The number of para-hydroxylation sites is 1. The molecule has 0 bridgehead atoms. The van der Waals surface area contributed by atoms with Crippen LogP contribution in [0.25, 0.3) is 10.9 Å². The van der Waals surface area contributed by atoms with Crippen LogP contribution in [0.3, 0.4) is 0 Å². The number of amides is 1. The first-order valence-corrected chi connectivity index (χ1v) is 14.5. The number of carbonyl (C=O) groups is 1. The van der Waals surface area contributed by atoms with Gasteiger partial charge in [-0.1, -0.05) is 12.1 Å². The van der Waals surface area contributed by atoms with Gasteiger partial charge in [0.1, 0.15) is 5.60 Å². The van der Waals surface area contributed by atoms with E-state index in [1.54, 1.807) is 0 Å². The number of likely N-dealkylation sites (tertiary alicyclic amines) is 1. The van der Waals surface area contributed by atoms with Gasteiger partial charge in [0.2, 0.25) is 16.0 Å². The highest BCUT2D eigenvalue weighted by Crippen LogP contribution is 2.43. The summed E-state index contributed by atoms with van der Waals surface area (Å²) in [5.74, 6) is 0.569. The lowest BCUT2D eigenvalue weighted by molar-refractivity contribution is 0.0265. The molecule has 3 aliphatic rings. The number of ether oxygens (including phenoxy) is 1. The van der Waals surface area contributed by atoms with Gasteiger partial charge in [0, 0.05) is 62.3 Å². The summed E-state index contributed by atoms with van der Waals surface area (Å²) in [5, 5.41) is 4.39. The van der Waals surface area contributed by atoms with Crippen LogP contribution in [0.2, 0.25) is 0 Å². The molecule has 10 nitrogen and oxygen atoms in total. The molecule has 2 aromatic rings. The molecule has 0 atom stereocenters. The summed E-state index contributed by atoms with van der Waals surface area (Å²) in [6.07, 6.45) is 5.29. The number of sulfonamides is 1. The molecule has 1 N–H and O–H groups in total. The van der Waals surface area contributed by atoms with Crippen LogP contribution in [0.5, 0.6) is 0 Å². The molecule has 0 radical (unpaired) electrons. The Morgan fingerprint density at radius 3 is 2.53 bits per heavy atom. The number of carbonyl (C=O) groups excluding carboxylic acids is 1. The normalized spacial score (nSPS) is 21.1. The van der Waals surface area contributed by atoms with Crippen LogP contribution in [-0.4, -0.2) is 90.9 Å². The molecule has 11 heteroatoms. The molecule has 1 aromatic carbocycles. The Labute approximate surface area is 213 Å². The van der Waals surface area contributed by atoms with Gasteiger partial charge in [-0.25, -0.2) is 27.5 Å². The number of benzene rings is 1. The Hall–Kier alpha value is -2.66.